The number of para-hydroxylation sites is 1. The topological polar surface area (TPSA) is 106 Å². The first-order chi connectivity index (χ1) is 16.1. The third-order valence-corrected chi connectivity index (χ3v) is 4.62. The van der Waals surface area contributed by atoms with E-state index in [1.54, 1.807) is 32.9 Å². The highest BCUT2D eigenvalue weighted by atomic mass is 16.6. The first-order valence-electron chi connectivity index (χ1n) is 11.4. The van der Waals surface area contributed by atoms with Crippen molar-refractivity contribution in [3.63, 3.8) is 0 Å². The van der Waals surface area contributed by atoms with Crippen molar-refractivity contribution >= 4 is 23.6 Å². The van der Waals surface area contributed by atoms with Gasteiger partial charge in [-0.1, -0.05) is 30.3 Å². The van der Waals surface area contributed by atoms with E-state index >= 15 is 0 Å². The van der Waals surface area contributed by atoms with Crippen molar-refractivity contribution in [1.29, 1.82) is 0 Å². The number of aryl methyl sites for hydroxylation is 1. The van der Waals surface area contributed by atoms with E-state index in [9.17, 15) is 14.4 Å². The molecule has 0 atom stereocenters. The van der Waals surface area contributed by atoms with Gasteiger partial charge in [0, 0.05) is 31.6 Å². The van der Waals surface area contributed by atoms with Crippen molar-refractivity contribution in [3.05, 3.63) is 59.7 Å². The standard InChI is InChI=1S/C26H35N3O5/c1-19-9-5-6-12-22(19)33-16-8-13-23(30)28-18-20-10-7-11-21(17-20)29-24(31)14-15-27-25(32)34-26(2,3)4/h5-7,9-12,17H,8,13-16,18H2,1-4H3,(H,27,32)(H,28,30)(H,29,31). The summed E-state index contributed by atoms with van der Waals surface area (Å²) in [5.74, 6) is 0.546. The molecule has 0 bridgehead atoms. The van der Waals surface area contributed by atoms with Crippen LogP contribution in [0, 0.1) is 6.92 Å². The molecule has 8 heteroatoms. The second-order valence-corrected chi connectivity index (χ2v) is 8.92. The fraction of sp³-hybridized carbons (Fsp3) is 0.423. The van der Waals surface area contributed by atoms with Crippen molar-refractivity contribution in [3.8, 4) is 5.75 Å². The second-order valence-electron chi connectivity index (χ2n) is 8.92. The minimum Gasteiger partial charge on any atom is -0.493 e. The summed E-state index contributed by atoms with van der Waals surface area (Å²) in [6.07, 6.45) is 0.547. The SMILES string of the molecule is Cc1ccccc1OCCCC(=O)NCc1cccc(NC(=O)CCNC(=O)OC(C)(C)C)c1. The first-order valence-corrected chi connectivity index (χ1v) is 11.4. The van der Waals surface area contributed by atoms with Gasteiger partial charge in [0.1, 0.15) is 11.4 Å². The average Bonchev–Trinajstić information content (AvgIpc) is 2.75. The number of hydrogen-bond acceptors (Lipinski definition) is 5. The van der Waals surface area contributed by atoms with E-state index in [1.165, 1.54) is 0 Å². The lowest BCUT2D eigenvalue weighted by Crippen LogP contribution is -2.34. The number of anilines is 1. The molecule has 0 aromatic heterocycles. The predicted molar refractivity (Wildman–Crippen MR) is 132 cm³/mol. The average molecular weight is 470 g/mol. The van der Waals surface area contributed by atoms with Gasteiger partial charge in [-0.3, -0.25) is 9.59 Å². The molecular formula is C26H35N3O5. The maximum atomic E-state index is 12.1. The third kappa shape index (κ3) is 10.8. The van der Waals surface area contributed by atoms with Gasteiger partial charge in [0.05, 0.1) is 6.61 Å². The number of benzene rings is 2. The summed E-state index contributed by atoms with van der Waals surface area (Å²) < 4.78 is 10.8. The third-order valence-electron chi connectivity index (χ3n) is 4.62. The van der Waals surface area contributed by atoms with Crippen LogP contribution < -0.4 is 20.7 Å². The highest BCUT2D eigenvalue weighted by Gasteiger charge is 2.16. The number of carbonyl (C=O) groups is 3. The number of rotatable bonds is 11. The van der Waals surface area contributed by atoms with E-state index in [0.717, 1.165) is 16.9 Å². The molecule has 0 fully saturated rings. The molecule has 2 aromatic rings. The van der Waals surface area contributed by atoms with Crippen LogP contribution in [0.3, 0.4) is 0 Å². The van der Waals surface area contributed by atoms with Crippen molar-refractivity contribution in [1.82, 2.24) is 10.6 Å². The Morgan fingerprint density at radius 2 is 1.68 bits per heavy atom. The molecule has 2 aromatic carbocycles. The fourth-order valence-corrected chi connectivity index (χ4v) is 3.00. The Labute approximate surface area is 201 Å². The molecule has 0 saturated heterocycles. The van der Waals surface area contributed by atoms with Crippen LogP contribution in [0.4, 0.5) is 10.5 Å². The second kappa shape index (κ2) is 13.2. The summed E-state index contributed by atoms with van der Waals surface area (Å²) in [6, 6.07) is 15.0. The number of alkyl carbamates (subject to hydrolysis) is 1. The molecule has 2 rings (SSSR count). The van der Waals surface area contributed by atoms with E-state index in [-0.39, 0.29) is 24.8 Å². The number of nitrogens with one attached hydrogen (secondary N) is 3. The Morgan fingerprint density at radius 3 is 2.41 bits per heavy atom. The minimum absolute atomic E-state index is 0.0592. The van der Waals surface area contributed by atoms with Crippen LogP contribution in [0.2, 0.25) is 0 Å². The largest absolute Gasteiger partial charge is 0.493 e. The molecule has 0 saturated carbocycles. The number of amides is 3. The monoisotopic (exact) mass is 469 g/mol. The van der Waals surface area contributed by atoms with E-state index in [0.29, 0.717) is 31.7 Å². The van der Waals surface area contributed by atoms with Crippen LogP contribution in [0.25, 0.3) is 0 Å². The zero-order valence-corrected chi connectivity index (χ0v) is 20.4. The van der Waals surface area contributed by atoms with E-state index in [2.05, 4.69) is 16.0 Å². The molecule has 0 aliphatic heterocycles. The van der Waals surface area contributed by atoms with Crippen LogP contribution >= 0.6 is 0 Å². The summed E-state index contributed by atoms with van der Waals surface area (Å²) in [5.41, 5.74) is 1.98. The molecule has 0 aliphatic rings. The van der Waals surface area contributed by atoms with E-state index in [4.69, 9.17) is 9.47 Å². The fourth-order valence-electron chi connectivity index (χ4n) is 3.00. The van der Waals surface area contributed by atoms with Crippen LogP contribution in [0.5, 0.6) is 5.75 Å². The van der Waals surface area contributed by atoms with Gasteiger partial charge in [0.15, 0.2) is 0 Å². The highest BCUT2D eigenvalue weighted by Crippen LogP contribution is 2.16. The van der Waals surface area contributed by atoms with Crippen molar-refractivity contribution < 1.29 is 23.9 Å². The van der Waals surface area contributed by atoms with Gasteiger partial charge in [-0.25, -0.2) is 4.79 Å². The molecule has 0 radical (unpaired) electrons. The summed E-state index contributed by atoms with van der Waals surface area (Å²) in [5, 5.41) is 8.23. The van der Waals surface area contributed by atoms with Crippen molar-refractivity contribution in [2.45, 2.75) is 59.1 Å². The van der Waals surface area contributed by atoms with Crippen molar-refractivity contribution in [2.24, 2.45) is 0 Å². The molecule has 0 heterocycles. The van der Waals surface area contributed by atoms with Crippen LogP contribution in [0.15, 0.2) is 48.5 Å². The molecule has 3 N–H and O–H groups in total. The Bertz CT molecular complexity index is 969. The molecule has 0 spiro atoms. The maximum absolute atomic E-state index is 12.1. The number of hydrogen-bond donors (Lipinski definition) is 3. The Morgan fingerprint density at radius 1 is 0.912 bits per heavy atom. The van der Waals surface area contributed by atoms with Crippen LogP contribution in [-0.2, 0) is 20.9 Å². The van der Waals surface area contributed by atoms with Gasteiger partial charge >= 0.3 is 6.09 Å². The van der Waals surface area contributed by atoms with Gasteiger partial charge in [-0.15, -0.1) is 0 Å². The summed E-state index contributed by atoms with van der Waals surface area (Å²) in [4.78, 5) is 35.9. The van der Waals surface area contributed by atoms with Gasteiger partial charge < -0.3 is 25.4 Å². The lowest BCUT2D eigenvalue weighted by Gasteiger charge is -2.19. The minimum atomic E-state index is -0.586. The Kier molecular flexibility index (Phi) is 10.4. The summed E-state index contributed by atoms with van der Waals surface area (Å²) in [6.45, 7) is 8.31. The molecule has 0 unspecified atom stereocenters. The summed E-state index contributed by atoms with van der Waals surface area (Å²) >= 11 is 0. The zero-order chi connectivity index (χ0) is 25.0. The van der Waals surface area contributed by atoms with E-state index < -0.39 is 11.7 Å². The zero-order valence-electron chi connectivity index (χ0n) is 20.4. The maximum Gasteiger partial charge on any atom is 0.407 e. The molecular weight excluding hydrogens is 434 g/mol. The Hall–Kier alpha value is -3.55. The normalized spacial score (nSPS) is 10.8. The lowest BCUT2D eigenvalue weighted by atomic mass is 10.2. The smallest absolute Gasteiger partial charge is 0.407 e. The molecule has 0 aliphatic carbocycles. The van der Waals surface area contributed by atoms with Gasteiger partial charge in [0.25, 0.3) is 0 Å². The first kappa shape index (κ1) is 26.7. The van der Waals surface area contributed by atoms with Gasteiger partial charge in [-0.2, -0.15) is 0 Å². The van der Waals surface area contributed by atoms with Crippen molar-refractivity contribution in [2.75, 3.05) is 18.5 Å². The van der Waals surface area contributed by atoms with E-state index in [1.807, 2.05) is 43.3 Å². The summed E-state index contributed by atoms with van der Waals surface area (Å²) in [7, 11) is 0. The molecule has 8 nitrogen and oxygen atoms in total. The van der Waals surface area contributed by atoms with Crippen LogP contribution in [0.1, 0.15) is 51.2 Å². The number of ether oxygens (including phenoxy) is 2. The quantitative estimate of drug-likeness (QED) is 0.425. The highest BCUT2D eigenvalue weighted by molar-refractivity contribution is 5.91. The molecule has 34 heavy (non-hydrogen) atoms. The Balaban J connectivity index is 1.66. The molecule has 3 amide bonds. The van der Waals surface area contributed by atoms with Crippen LogP contribution in [-0.4, -0.2) is 36.7 Å². The molecule has 184 valence electrons. The lowest BCUT2D eigenvalue weighted by molar-refractivity contribution is -0.121. The van der Waals surface area contributed by atoms with Gasteiger partial charge in [-0.05, 0) is 63.4 Å². The van der Waals surface area contributed by atoms with Gasteiger partial charge in [0.2, 0.25) is 11.8 Å². The number of carbonyl (C=O) groups excluding carboxylic acids is 3. The predicted octanol–water partition coefficient (Wildman–Crippen LogP) is 4.32.